The Balaban J connectivity index is 1.65. The summed E-state index contributed by atoms with van der Waals surface area (Å²) >= 11 is 0. The van der Waals surface area contributed by atoms with Gasteiger partial charge in [0.2, 0.25) is 12.7 Å². The van der Waals surface area contributed by atoms with E-state index in [2.05, 4.69) is 34.4 Å². The number of fused-ring (bicyclic) bond motifs is 1. The number of amides is 1. The Kier molecular flexibility index (Phi) is 4.79. The summed E-state index contributed by atoms with van der Waals surface area (Å²) in [6, 6.07) is 7.05. The minimum atomic E-state index is -0.202. The molecule has 126 valence electrons. The van der Waals surface area contributed by atoms with Crippen molar-refractivity contribution in [3.8, 4) is 11.5 Å². The van der Waals surface area contributed by atoms with E-state index in [9.17, 15) is 4.79 Å². The monoisotopic (exact) mass is 328 g/mol. The van der Waals surface area contributed by atoms with Gasteiger partial charge in [-0.1, -0.05) is 13.8 Å². The highest BCUT2D eigenvalue weighted by atomic mass is 16.7. The molecule has 0 fully saturated rings. The Morgan fingerprint density at radius 1 is 1.25 bits per heavy atom. The molecule has 1 aliphatic rings. The summed E-state index contributed by atoms with van der Waals surface area (Å²) in [5.41, 5.74) is 1.09. The van der Waals surface area contributed by atoms with Crippen LogP contribution in [-0.4, -0.2) is 29.2 Å². The Labute approximate surface area is 140 Å². The van der Waals surface area contributed by atoms with Crippen molar-refractivity contribution >= 4 is 17.5 Å². The highest BCUT2D eigenvalue weighted by Crippen LogP contribution is 2.34. The summed E-state index contributed by atoms with van der Waals surface area (Å²) in [5, 5.41) is 5.93. The van der Waals surface area contributed by atoms with Gasteiger partial charge in [0.05, 0.1) is 0 Å². The maximum Gasteiger partial charge on any atom is 0.270 e. The van der Waals surface area contributed by atoms with Gasteiger partial charge in [0.15, 0.2) is 11.5 Å². The SMILES string of the molecule is CC(C)CCNC(=O)c1ccnc(Nc2ccc3c(c2)OCO3)n1. The van der Waals surface area contributed by atoms with Crippen LogP contribution in [0.2, 0.25) is 0 Å². The van der Waals surface area contributed by atoms with Crippen LogP contribution < -0.4 is 20.1 Å². The molecule has 0 atom stereocenters. The summed E-state index contributed by atoms with van der Waals surface area (Å²) in [6.07, 6.45) is 2.48. The largest absolute Gasteiger partial charge is 0.454 e. The third-order valence-corrected chi connectivity index (χ3v) is 3.52. The molecule has 24 heavy (non-hydrogen) atoms. The van der Waals surface area contributed by atoms with Crippen molar-refractivity contribution in [2.45, 2.75) is 20.3 Å². The molecule has 0 radical (unpaired) electrons. The lowest BCUT2D eigenvalue weighted by Gasteiger charge is -2.09. The summed E-state index contributed by atoms with van der Waals surface area (Å²) in [5.74, 6) is 2.07. The van der Waals surface area contributed by atoms with Gasteiger partial charge >= 0.3 is 0 Å². The number of rotatable bonds is 6. The summed E-state index contributed by atoms with van der Waals surface area (Å²) in [4.78, 5) is 20.5. The average molecular weight is 328 g/mol. The number of aromatic nitrogens is 2. The van der Waals surface area contributed by atoms with Gasteiger partial charge in [-0.25, -0.2) is 9.97 Å². The van der Waals surface area contributed by atoms with Crippen LogP contribution in [0.15, 0.2) is 30.5 Å². The molecule has 0 aliphatic carbocycles. The maximum atomic E-state index is 12.1. The van der Waals surface area contributed by atoms with Gasteiger partial charge in [-0.15, -0.1) is 0 Å². The fourth-order valence-electron chi connectivity index (χ4n) is 2.21. The second kappa shape index (κ2) is 7.16. The lowest BCUT2D eigenvalue weighted by molar-refractivity contribution is 0.0947. The Bertz CT molecular complexity index is 734. The Hall–Kier alpha value is -2.83. The van der Waals surface area contributed by atoms with Crippen LogP contribution in [-0.2, 0) is 0 Å². The van der Waals surface area contributed by atoms with Gasteiger partial charge in [0.25, 0.3) is 5.91 Å². The summed E-state index contributed by atoms with van der Waals surface area (Å²) in [6.45, 7) is 5.08. The van der Waals surface area contributed by atoms with Crippen molar-refractivity contribution in [2.75, 3.05) is 18.7 Å². The van der Waals surface area contributed by atoms with Crippen molar-refractivity contribution in [1.82, 2.24) is 15.3 Å². The van der Waals surface area contributed by atoms with E-state index in [1.165, 1.54) is 0 Å². The first-order valence-corrected chi connectivity index (χ1v) is 7.90. The Morgan fingerprint density at radius 2 is 2.08 bits per heavy atom. The van der Waals surface area contributed by atoms with E-state index in [4.69, 9.17) is 9.47 Å². The molecule has 3 rings (SSSR count). The molecule has 7 heteroatoms. The standard InChI is InChI=1S/C17H20N4O3/c1-11(2)5-7-18-16(22)13-6-8-19-17(21-13)20-12-3-4-14-15(9-12)24-10-23-14/h3-4,6,8-9,11H,5,7,10H2,1-2H3,(H,18,22)(H,19,20,21). The molecule has 0 saturated heterocycles. The number of hydrogen-bond acceptors (Lipinski definition) is 6. The number of carbonyl (C=O) groups is 1. The molecule has 0 spiro atoms. The zero-order valence-corrected chi connectivity index (χ0v) is 13.7. The van der Waals surface area contributed by atoms with E-state index >= 15 is 0 Å². The predicted molar refractivity (Wildman–Crippen MR) is 89.7 cm³/mol. The molecule has 0 unspecified atom stereocenters. The molecular weight excluding hydrogens is 308 g/mol. The van der Waals surface area contributed by atoms with Gasteiger partial charge < -0.3 is 20.1 Å². The van der Waals surface area contributed by atoms with E-state index in [1.54, 1.807) is 18.3 Å². The number of hydrogen-bond donors (Lipinski definition) is 2. The van der Waals surface area contributed by atoms with Crippen molar-refractivity contribution in [3.05, 3.63) is 36.2 Å². The van der Waals surface area contributed by atoms with E-state index in [0.717, 1.165) is 12.1 Å². The Morgan fingerprint density at radius 3 is 2.92 bits per heavy atom. The summed E-state index contributed by atoms with van der Waals surface area (Å²) in [7, 11) is 0. The number of benzene rings is 1. The molecule has 2 heterocycles. The first kappa shape index (κ1) is 16.0. The molecule has 1 amide bonds. The van der Waals surface area contributed by atoms with Crippen molar-refractivity contribution in [2.24, 2.45) is 5.92 Å². The molecular formula is C17H20N4O3. The van der Waals surface area contributed by atoms with E-state index in [0.29, 0.717) is 35.6 Å². The molecule has 1 aromatic heterocycles. The quantitative estimate of drug-likeness (QED) is 0.848. The van der Waals surface area contributed by atoms with E-state index in [1.807, 2.05) is 12.1 Å². The van der Waals surface area contributed by atoms with Crippen molar-refractivity contribution < 1.29 is 14.3 Å². The molecule has 2 aromatic rings. The lowest BCUT2D eigenvalue weighted by atomic mass is 10.1. The fourth-order valence-corrected chi connectivity index (χ4v) is 2.21. The molecule has 0 saturated carbocycles. The number of ether oxygens (including phenoxy) is 2. The summed E-state index contributed by atoms with van der Waals surface area (Å²) < 4.78 is 10.6. The molecule has 0 bridgehead atoms. The van der Waals surface area contributed by atoms with Crippen LogP contribution in [0.4, 0.5) is 11.6 Å². The van der Waals surface area contributed by atoms with Crippen LogP contribution in [0.1, 0.15) is 30.8 Å². The zero-order valence-electron chi connectivity index (χ0n) is 13.7. The van der Waals surface area contributed by atoms with Crippen molar-refractivity contribution in [3.63, 3.8) is 0 Å². The minimum absolute atomic E-state index is 0.202. The van der Waals surface area contributed by atoms with E-state index in [-0.39, 0.29) is 12.7 Å². The van der Waals surface area contributed by atoms with Crippen molar-refractivity contribution in [1.29, 1.82) is 0 Å². The predicted octanol–water partition coefficient (Wildman–Crippen LogP) is 2.72. The topological polar surface area (TPSA) is 85.4 Å². The fraction of sp³-hybridized carbons (Fsp3) is 0.353. The smallest absolute Gasteiger partial charge is 0.270 e. The average Bonchev–Trinajstić information content (AvgIpc) is 3.02. The van der Waals surface area contributed by atoms with Crippen LogP contribution >= 0.6 is 0 Å². The normalized spacial score (nSPS) is 12.3. The van der Waals surface area contributed by atoms with Crippen LogP contribution in [0, 0.1) is 5.92 Å². The van der Waals surface area contributed by atoms with Gasteiger partial charge in [0.1, 0.15) is 5.69 Å². The van der Waals surface area contributed by atoms with Gasteiger partial charge in [-0.3, -0.25) is 4.79 Å². The first-order valence-electron chi connectivity index (χ1n) is 7.90. The zero-order chi connectivity index (χ0) is 16.9. The molecule has 1 aromatic carbocycles. The number of anilines is 2. The maximum absolute atomic E-state index is 12.1. The molecule has 1 aliphatic heterocycles. The highest BCUT2D eigenvalue weighted by Gasteiger charge is 2.14. The van der Waals surface area contributed by atoms with Gasteiger partial charge in [-0.05, 0) is 30.5 Å². The second-order valence-corrected chi connectivity index (χ2v) is 5.90. The van der Waals surface area contributed by atoms with Crippen LogP contribution in [0.5, 0.6) is 11.5 Å². The number of carbonyl (C=O) groups excluding carboxylic acids is 1. The van der Waals surface area contributed by atoms with Gasteiger partial charge in [-0.2, -0.15) is 0 Å². The molecule has 2 N–H and O–H groups in total. The third-order valence-electron chi connectivity index (χ3n) is 3.52. The third kappa shape index (κ3) is 3.92. The highest BCUT2D eigenvalue weighted by molar-refractivity contribution is 5.92. The number of nitrogens with one attached hydrogen (secondary N) is 2. The van der Waals surface area contributed by atoms with Gasteiger partial charge in [0, 0.05) is 24.5 Å². The second-order valence-electron chi connectivity index (χ2n) is 5.90. The van der Waals surface area contributed by atoms with Crippen LogP contribution in [0.3, 0.4) is 0 Å². The minimum Gasteiger partial charge on any atom is -0.454 e. The first-order chi connectivity index (χ1) is 11.6. The number of nitrogens with zero attached hydrogens (tertiary/aromatic N) is 2. The van der Waals surface area contributed by atoms with Crippen LogP contribution in [0.25, 0.3) is 0 Å². The van der Waals surface area contributed by atoms with E-state index < -0.39 is 0 Å². The lowest BCUT2D eigenvalue weighted by Crippen LogP contribution is -2.26. The molecule has 7 nitrogen and oxygen atoms in total.